The Morgan fingerprint density at radius 1 is 0.727 bits per heavy atom. The highest BCUT2D eigenvalue weighted by atomic mass is 16.5. The number of aliphatic hydroxyl groups is 2. The fourth-order valence-electron chi connectivity index (χ4n) is 3.52. The van der Waals surface area contributed by atoms with Crippen LogP contribution in [0.3, 0.4) is 0 Å². The number of ether oxygens (including phenoxy) is 1. The maximum atomic E-state index is 9.42. The molecule has 1 aromatic heterocycles. The average Bonchev–Trinajstić information content (AvgIpc) is 2.90. The lowest BCUT2D eigenvalue weighted by molar-refractivity contribution is 0.0518. The summed E-state index contributed by atoms with van der Waals surface area (Å²) < 4.78 is 5.31. The Morgan fingerprint density at radius 2 is 1.24 bits per heavy atom. The molecule has 0 saturated heterocycles. The van der Waals surface area contributed by atoms with Gasteiger partial charge in [-0.05, 0) is 22.8 Å². The van der Waals surface area contributed by atoms with E-state index in [2.05, 4.69) is 15.3 Å². The molecule has 3 aromatic carbocycles. The topological polar surface area (TPSA) is 100 Å². The Morgan fingerprint density at radius 3 is 1.67 bits per heavy atom. The number of benzene rings is 3. The Bertz CT molecular complexity index is 1060. The van der Waals surface area contributed by atoms with Crippen LogP contribution in [0, 0.1) is 0 Å². The van der Waals surface area contributed by atoms with Gasteiger partial charge in [0.2, 0.25) is 5.88 Å². The molecule has 1 heterocycles. The highest BCUT2D eigenvalue weighted by molar-refractivity contribution is 5.49. The molecule has 0 aliphatic heterocycles. The first-order valence-corrected chi connectivity index (χ1v) is 10.6. The lowest BCUT2D eigenvalue weighted by atomic mass is 9.78. The molecule has 0 unspecified atom stereocenters. The number of hydrogen-bond acceptors (Lipinski definition) is 7. The predicted octanol–water partition coefficient (Wildman–Crippen LogP) is 4.28. The summed E-state index contributed by atoms with van der Waals surface area (Å²) >= 11 is 0. The monoisotopic (exact) mass is 440 g/mol. The molecule has 4 aromatic rings. The van der Waals surface area contributed by atoms with E-state index in [0.717, 1.165) is 16.7 Å². The van der Waals surface area contributed by atoms with Gasteiger partial charge in [-0.15, -0.1) is 15.3 Å². The van der Waals surface area contributed by atoms with Gasteiger partial charge in [0.15, 0.2) is 11.4 Å². The molecule has 166 valence electrons. The van der Waals surface area contributed by atoms with Gasteiger partial charge in [-0.3, -0.25) is 0 Å². The summed E-state index contributed by atoms with van der Waals surface area (Å²) in [5, 5.41) is 35.7. The number of hydrogen-bond donors (Lipinski definition) is 2. The molecule has 1 atom stereocenters. The fraction of sp³-hybridized carbons (Fsp3) is 0.154. The maximum Gasteiger partial charge on any atom is 0.233 e. The minimum absolute atomic E-state index is 0.0782. The molecule has 0 aliphatic rings. The summed E-state index contributed by atoms with van der Waals surface area (Å²) in [5.41, 5.74) is 2.03. The van der Waals surface area contributed by atoms with Crippen molar-refractivity contribution in [1.82, 2.24) is 10.2 Å². The zero-order valence-electron chi connectivity index (χ0n) is 17.9. The quantitative estimate of drug-likeness (QED) is 0.299. The lowest BCUT2D eigenvalue weighted by Gasteiger charge is -2.30. The summed E-state index contributed by atoms with van der Waals surface area (Å²) in [6.07, 6.45) is -0.977. The van der Waals surface area contributed by atoms with Crippen molar-refractivity contribution in [3.05, 3.63) is 120 Å². The van der Waals surface area contributed by atoms with E-state index in [0.29, 0.717) is 5.82 Å². The second-order valence-electron chi connectivity index (χ2n) is 7.39. The molecule has 7 heteroatoms. The summed E-state index contributed by atoms with van der Waals surface area (Å²) in [6, 6.07) is 33.3. The Balaban J connectivity index is 1.75. The first-order chi connectivity index (χ1) is 16.2. The van der Waals surface area contributed by atoms with Gasteiger partial charge < -0.3 is 14.9 Å². The van der Waals surface area contributed by atoms with E-state index in [4.69, 9.17) is 15.0 Å². The van der Waals surface area contributed by atoms with Gasteiger partial charge in [-0.25, -0.2) is 0 Å². The molecule has 0 radical (unpaired) electrons. The first-order valence-electron chi connectivity index (χ1n) is 10.6. The molecular weight excluding hydrogens is 416 g/mol. The van der Waals surface area contributed by atoms with Gasteiger partial charge in [0.05, 0.1) is 6.61 Å². The Kier molecular flexibility index (Phi) is 7.14. The third-order valence-corrected chi connectivity index (χ3v) is 5.14. The first kappa shape index (κ1) is 22.3. The molecule has 0 fully saturated rings. The second-order valence-corrected chi connectivity index (χ2v) is 7.39. The molecular formula is C26H24N4O3. The lowest BCUT2D eigenvalue weighted by Crippen LogP contribution is -2.26. The molecule has 0 amide bonds. The van der Waals surface area contributed by atoms with E-state index < -0.39 is 11.6 Å². The van der Waals surface area contributed by atoms with E-state index in [9.17, 15) is 5.11 Å². The van der Waals surface area contributed by atoms with E-state index in [-0.39, 0.29) is 19.1 Å². The molecule has 33 heavy (non-hydrogen) atoms. The number of azo groups is 1. The van der Waals surface area contributed by atoms with Crippen molar-refractivity contribution in [3.63, 3.8) is 0 Å². The van der Waals surface area contributed by atoms with Crippen molar-refractivity contribution in [3.8, 4) is 5.88 Å². The van der Waals surface area contributed by atoms with Crippen molar-refractivity contribution in [2.45, 2.75) is 11.6 Å². The van der Waals surface area contributed by atoms with Gasteiger partial charge in [0, 0.05) is 6.07 Å². The number of aromatic nitrogens is 2. The van der Waals surface area contributed by atoms with Crippen LogP contribution in [0.1, 0.15) is 16.7 Å². The van der Waals surface area contributed by atoms with Crippen LogP contribution in [0.2, 0.25) is 0 Å². The Hall–Kier alpha value is -3.94. The van der Waals surface area contributed by atoms with Gasteiger partial charge in [0.1, 0.15) is 12.7 Å². The van der Waals surface area contributed by atoms with Crippen molar-refractivity contribution in [1.29, 1.82) is 0 Å². The van der Waals surface area contributed by atoms with Crippen molar-refractivity contribution in [2.24, 2.45) is 10.2 Å². The SMILES string of the molecule is OC[C@H](O)COc1ccc(N=NC(c2ccccc2)(c2ccccc2)c2ccccc2)nn1. The molecule has 0 saturated carbocycles. The van der Waals surface area contributed by atoms with Crippen LogP contribution in [0.25, 0.3) is 0 Å². The van der Waals surface area contributed by atoms with Crippen molar-refractivity contribution in [2.75, 3.05) is 13.2 Å². The second kappa shape index (κ2) is 10.6. The van der Waals surface area contributed by atoms with Crippen LogP contribution in [0.5, 0.6) is 5.88 Å². The highest BCUT2D eigenvalue weighted by Gasteiger charge is 2.36. The molecule has 0 aliphatic carbocycles. The largest absolute Gasteiger partial charge is 0.474 e. The predicted molar refractivity (Wildman–Crippen MR) is 124 cm³/mol. The van der Waals surface area contributed by atoms with E-state index in [1.165, 1.54) is 0 Å². The van der Waals surface area contributed by atoms with E-state index >= 15 is 0 Å². The standard InChI is InChI=1S/C26H24N4O3/c31-18-23(32)19-33-25-17-16-24(27-29-25)28-30-26(20-10-4-1-5-11-20,21-12-6-2-7-13-21)22-14-8-3-9-15-22/h1-17,23,31-32H,18-19H2/t23-/m0/s1. The number of nitrogens with zero attached hydrogens (tertiary/aromatic N) is 4. The number of aliphatic hydroxyl groups excluding tert-OH is 2. The van der Waals surface area contributed by atoms with Crippen LogP contribution in [0.4, 0.5) is 5.82 Å². The van der Waals surface area contributed by atoms with Gasteiger partial charge in [-0.1, -0.05) is 91.0 Å². The molecule has 2 N–H and O–H groups in total. The average molecular weight is 441 g/mol. The van der Waals surface area contributed by atoms with Crippen LogP contribution < -0.4 is 4.74 Å². The Labute approximate surface area is 192 Å². The third kappa shape index (κ3) is 5.11. The summed E-state index contributed by atoms with van der Waals surface area (Å²) in [5.74, 6) is 0.541. The summed E-state index contributed by atoms with van der Waals surface area (Å²) in [6.45, 7) is -0.467. The van der Waals surface area contributed by atoms with Gasteiger partial charge in [0.25, 0.3) is 0 Å². The van der Waals surface area contributed by atoms with Gasteiger partial charge in [-0.2, -0.15) is 5.11 Å². The van der Waals surface area contributed by atoms with Gasteiger partial charge >= 0.3 is 0 Å². The minimum atomic E-state index is -0.977. The fourth-order valence-corrected chi connectivity index (χ4v) is 3.52. The molecule has 0 bridgehead atoms. The molecule has 7 nitrogen and oxygen atoms in total. The van der Waals surface area contributed by atoms with Crippen LogP contribution in [-0.2, 0) is 5.54 Å². The summed E-state index contributed by atoms with van der Waals surface area (Å²) in [4.78, 5) is 0. The number of rotatable bonds is 9. The normalized spacial score (nSPS) is 12.5. The van der Waals surface area contributed by atoms with Crippen molar-refractivity contribution >= 4 is 5.82 Å². The highest BCUT2D eigenvalue weighted by Crippen LogP contribution is 2.41. The summed E-state index contributed by atoms with van der Waals surface area (Å²) in [7, 11) is 0. The molecule has 0 spiro atoms. The minimum Gasteiger partial charge on any atom is -0.474 e. The zero-order valence-corrected chi connectivity index (χ0v) is 17.9. The van der Waals surface area contributed by atoms with E-state index in [1.54, 1.807) is 12.1 Å². The van der Waals surface area contributed by atoms with E-state index in [1.807, 2.05) is 91.0 Å². The smallest absolute Gasteiger partial charge is 0.233 e. The zero-order chi connectivity index (χ0) is 22.9. The van der Waals surface area contributed by atoms with Crippen LogP contribution >= 0.6 is 0 Å². The maximum absolute atomic E-state index is 9.42. The van der Waals surface area contributed by atoms with Crippen LogP contribution in [0.15, 0.2) is 113 Å². The van der Waals surface area contributed by atoms with Crippen molar-refractivity contribution < 1.29 is 14.9 Å². The molecule has 4 rings (SSSR count). The third-order valence-electron chi connectivity index (χ3n) is 5.14. The van der Waals surface area contributed by atoms with Crippen LogP contribution in [-0.4, -0.2) is 39.7 Å².